The highest BCUT2D eigenvalue weighted by molar-refractivity contribution is 7.80. The van der Waals surface area contributed by atoms with Crippen molar-refractivity contribution in [1.82, 2.24) is 16.2 Å². The lowest BCUT2D eigenvalue weighted by molar-refractivity contribution is -0.121. The first-order chi connectivity index (χ1) is 8.76. The number of carbonyl (C=O) groups is 1. The summed E-state index contributed by atoms with van der Waals surface area (Å²) in [5.41, 5.74) is 7.28. The number of benzene rings is 1. The molecule has 0 radical (unpaired) electrons. The van der Waals surface area contributed by atoms with E-state index in [1.807, 2.05) is 52.0 Å². The summed E-state index contributed by atoms with van der Waals surface area (Å²) in [5, 5.41) is 3.46. The maximum Gasteiger partial charge on any atom is 0.242 e. The van der Waals surface area contributed by atoms with Crippen LogP contribution in [0.5, 0.6) is 0 Å². The molecule has 0 heterocycles. The predicted molar refractivity (Wildman–Crippen MR) is 81.6 cm³/mol. The van der Waals surface area contributed by atoms with Crippen LogP contribution in [-0.2, 0) is 11.2 Å². The topological polar surface area (TPSA) is 53.2 Å². The average molecular weight is 279 g/mol. The molecule has 0 bridgehead atoms. The number of thiocarbonyl (C=S) groups is 1. The summed E-state index contributed by atoms with van der Waals surface area (Å²) in [6, 6.07) is 7.87. The number of nitrogens with one attached hydrogen (secondary N) is 3. The molecule has 5 heteroatoms. The molecule has 0 unspecified atom stereocenters. The van der Waals surface area contributed by atoms with Crippen molar-refractivity contribution in [2.45, 2.75) is 39.7 Å². The lowest BCUT2D eigenvalue weighted by Gasteiger charge is -2.23. The number of hydrogen-bond donors (Lipinski definition) is 3. The zero-order valence-corrected chi connectivity index (χ0v) is 12.6. The van der Waals surface area contributed by atoms with E-state index in [4.69, 9.17) is 12.2 Å². The third-order valence-corrected chi connectivity index (χ3v) is 2.49. The van der Waals surface area contributed by atoms with Gasteiger partial charge >= 0.3 is 0 Å². The monoisotopic (exact) mass is 279 g/mol. The van der Waals surface area contributed by atoms with Gasteiger partial charge in [-0.25, -0.2) is 0 Å². The summed E-state index contributed by atoms with van der Waals surface area (Å²) >= 11 is 5.07. The summed E-state index contributed by atoms with van der Waals surface area (Å²) in [7, 11) is 0. The Kier molecular flexibility index (Phi) is 5.30. The Labute approximate surface area is 119 Å². The van der Waals surface area contributed by atoms with E-state index in [1.165, 1.54) is 5.56 Å². The summed E-state index contributed by atoms with van der Waals surface area (Å²) in [5.74, 6) is -0.123. The fourth-order valence-electron chi connectivity index (χ4n) is 1.43. The summed E-state index contributed by atoms with van der Waals surface area (Å²) in [6.07, 6.45) is 0.325. The van der Waals surface area contributed by atoms with E-state index in [-0.39, 0.29) is 11.4 Å². The summed E-state index contributed by atoms with van der Waals surface area (Å²) in [4.78, 5) is 11.7. The van der Waals surface area contributed by atoms with Gasteiger partial charge in [0.1, 0.15) is 0 Å². The lowest BCUT2D eigenvalue weighted by atomic mass is 10.1. The van der Waals surface area contributed by atoms with Crippen molar-refractivity contribution in [1.29, 1.82) is 0 Å². The van der Waals surface area contributed by atoms with Gasteiger partial charge in [-0.3, -0.25) is 15.6 Å². The highest BCUT2D eigenvalue weighted by atomic mass is 32.1. The summed E-state index contributed by atoms with van der Waals surface area (Å²) < 4.78 is 0. The van der Waals surface area contributed by atoms with Crippen LogP contribution in [0.4, 0.5) is 0 Å². The van der Waals surface area contributed by atoms with Crippen molar-refractivity contribution in [3.63, 3.8) is 0 Å². The number of hydrazine groups is 1. The normalized spacial score (nSPS) is 10.7. The molecule has 3 N–H and O–H groups in total. The van der Waals surface area contributed by atoms with Crippen LogP contribution >= 0.6 is 12.2 Å². The minimum Gasteiger partial charge on any atom is -0.357 e. The molecule has 0 spiro atoms. The molecule has 1 aromatic carbocycles. The van der Waals surface area contributed by atoms with Crippen LogP contribution in [0, 0.1) is 6.92 Å². The first-order valence-corrected chi connectivity index (χ1v) is 6.59. The van der Waals surface area contributed by atoms with Crippen molar-refractivity contribution in [2.24, 2.45) is 0 Å². The molecule has 1 rings (SSSR count). The molecule has 4 nitrogen and oxygen atoms in total. The van der Waals surface area contributed by atoms with Crippen LogP contribution in [0.2, 0.25) is 0 Å². The van der Waals surface area contributed by atoms with Gasteiger partial charge in [-0.15, -0.1) is 0 Å². The molecule has 1 aromatic rings. The lowest BCUT2D eigenvalue weighted by Crippen LogP contribution is -2.52. The number of aryl methyl sites for hydroxylation is 1. The third kappa shape index (κ3) is 6.76. The van der Waals surface area contributed by atoms with Gasteiger partial charge in [0.15, 0.2) is 5.11 Å². The van der Waals surface area contributed by atoms with Crippen molar-refractivity contribution < 1.29 is 4.79 Å². The number of amides is 1. The SMILES string of the molecule is Cc1ccc(CC(=O)NNC(=S)NC(C)(C)C)cc1. The van der Waals surface area contributed by atoms with Crippen LogP contribution in [0.3, 0.4) is 0 Å². The minimum atomic E-state index is -0.133. The van der Waals surface area contributed by atoms with Gasteiger partial charge in [-0.2, -0.15) is 0 Å². The Morgan fingerprint density at radius 2 is 1.74 bits per heavy atom. The maximum atomic E-state index is 11.7. The fraction of sp³-hybridized carbons (Fsp3) is 0.429. The van der Waals surface area contributed by atoms with E-state index >= 15 is 0 Å². The Balaban J connectivity index is 2.36. The number of carbonyl (C=O) groups excluding carboxylic acids is 1. The van der Waals surface area contributed by atoms with Crippen LogP contribution in [0.1, 0.15) is 31.9 Å². The van der Waals surface area contributed by atoms with Crippen LogP contribution in [0.15, 0.2) is 24.3 Å². The molecule has 104 valence electrons. The van der Waals surface area contributed by atoms with Crippen molar-refractivity contribution >= 4 is 23.2 Å². The molecule has 0 aliphatic rings. The fourth-order valence-corrected chi connectivity index (χ4v) is 1.79. The minimum absolute atomic E-state index is 0.123. The molecule has 0 aromatic heterocycles. The molecule has 0 atom stereocenters. The van der Waals surface area contributed by atoms with Gasteiger partial charge in [-0.05, 0) is 45.5 Å². The van der Waals surface area contributed by atoms with E-state index < -0.39 is 0 Å². The average Bonchev–Trinajstić information content (AvgIpc) is 2.27. The largest absolute Gasteiger partial charge is 0.357 e. The standard InChI is InChI=1S/C14H21N3OS/c1-10-5-7-11(8-6-10)9-12(18)16-17-13(19)15-14(2,3)4/h5-8H,9H2,1-4H3,(H,16,18)(H2,15,17,19). The third-order valence-electron chi connectivity index (χ3n) is 2.29. The predicted octanol–water partition coefficient (Wildman–Crippen LogP) is 1.83. The number of rotatable bonds is 2. The van der Waals surface area contributed by atoms with Crippen LogP contribution in [-0.4, -0.2) is 16.6 Å². The first kappa shape index (κ1) is 15.4. The zero-order chi connectivity index (χ0) is 14.5. The van der Waals surface area contributed by atoms with E-state index in [0.29, 0.717) is 11.5 Å². The quantitative estimate of drug-likeness (QED) is 0.571. The Hall–Kier alpha value is -1.62. The molecule has 0 saturated carbocycles. The van der Waals surface area contributed by atoms with Gasteiger partial charge in [-0.1, -0.05) is 29.8 Å². The Bertz CT molecular complexity index is 449. The van der Waals surface area contributed by atoms with E-state index in [0.717, 1.165) is 5.56 Å². The Morgan fingerprint density at radius 3 is 2.26 bits per heavy atom. The van der Waals surface area contributed by atoms with Gasteiger partial charge in [0.2, 0.25) is 5.91 Å². The molecule has 1 amide bonds. The second kappa shape index (κ2) is 6.52. The van der Waals surface area contributed by atoms with Crippen molar-refractivity contribution in [3.05, 3.63) is 35.4 Å². The van der Waals surface area contributed by atoms with Crippen molar-refractivity contribution in [2.75, 3.05) is 0 Å². The van der Waals surface area contributed by atoms with Crippen molar-refractivity contribution in [3.8, 4) is 0 Å². The molecule has 0 fully saturated rings. The summed E-state index contributed by atoms with van der Waals surface area (Å²) in [6.45, 7) is 8.00. The van der Waals surface area contributed by atoms with Gasteiger partial charge in [0, 0.05) is 5.54 Å². The highest BCUT2D eigenvalue weighted by Crippen LogP contribution is 2.03. The second-order valence-electron chi connectivity index (χ2n) is 5.54. The van der Waals surface area contributed by atoms with Gasteiger partial charge in [0.25, 0.3) is 0 Å². The van der Waals surface area contributed by atoms with E-state index in [1.54, 1.807) is 0 Å². The molecule has 19 heavy (non-hydrogen) atoms. The first-order valence-electron chi connectivity index (χ1n) is 6.19. The zero-order valence-electron chi connectivity index (χ0n) is 11.8. The molecule has 0 saturated heterocycles. The molecular weight excluding hydrogens is 258 g/mol. The smallest absolute Gasteiger partial charge is 0.242 e. The van der Waals surface area contributed by atoms with Gasteiger partial charge < -0.3 is 5.32 Å². The van der Waals surface area contributed by atoms with E-state index in [9.17, 15) is 4.79 Å². The molecule has 0 aliphatic heterocycles. The van der Waals surface area contributed by atoms with E-state index in [2.05, 4.69) is 16.2 Å². The van der Waals surface area contributed by atoms with Crippen LogP contribution in [0.25, 0.3) is 0 Å². The maximum absolute atomic E-state index is 11.7. The molecular formula is C14H21N3OS. The Morgan fingerprint density at radius 1 is 1.16 bits per heavy atom. The second-order valence-corrected chi connectivity index (χ2v) is 5.95. The number of hydrogen-bond acceptors (Lipinski definition) is 2. The highest BCUT2D eigenvalue weighted by Gasteiger charge is 2.11. The molecule has 0 aliphatic carbocycles. The van der Waals surface area contributed by atoms with Crippen LogP contribution < -0.4 is 16.2 Å². The van der Waals surface area contributed by atoms with Gasteiger partial charge in [0.05, 0.1) is 6.42 Å².